The maximum absolute atomic E-state index is 10.3. The van der Waals surface area contributed by atoms with Gasteiger partial charge in [0.05, 0.1) is 5.92 Å². The van der Waals surface area contributed by atoms with Gasteiger partial charge in [-0.05, 0) is 5.41 Å². The molecule has 0 heterocycles. The number of carboxylic acids is 1. The van der Waals surface area contributed by atoms with Crippen LogP contribution in [0.3, 0.4) is 0 Å². The van der Waals surface area contributed by atoms with Gasteiger partial charge in [0.2, 0.25) is 0 Å². The molecule has 1 atom stereocenters. The van der Waals surface area contributed by atoms with Crippen LogP contribution in [0.25, 0.3) is 0 Å². The van der Waals surface area contributed by atoms with E-state index in [0.29, 0.717) is 0 Å². The van der Waals surface area contributed by atoms with Gasteiger partial charge in [0.25, 0.3) is 0 Å². The number of carbonyl (C=O) groups is 1. The number of hydrogen-bond acceptors (Lipinski definition) is 1. The fourth-order valence-corrected chi connectivity index (χ4v) is 0.370. The van der Waals surface area contributed by atoms with E-state index in [1.54, 1.807) is 6.92 Å². The van der Waals surface area contributed by atoms with Crippen molar-refractivity contribution in [2.75, 3.05) is 0 Å². The lowest BCUT2D eigenvalue weighted by molar-refractivity contribution is -0.144. The number of aliphatic carboxylic acids is 1. The molecule has 1 unspecified atom stereocenters. The van der Waals surface area contributed by atoms with Crippen molar-refractivity contribution >= 4 is 5.97 Å². The quantitative estimate of drug-likeness (QED) is 0.587. The van der Waals surface area contributed by atoms with Crippen LogP contribution >= 0.6 is 0 Å². The average Bonchev–Trinajstić information content (AvgIpc) is 1.62. The van der Waals surface area contributed by atoms with E-state index in [1.807, 2.05) is 20.8 Å². The van der Waals surface area contributed by atoms with E-state index in [-0.39, 0.29) is 11.3 Å². The molecule has 0 aliphatic rings. The Morgan fingerprint density at radius 1 is 1.44 bits per heavy atom. The SMILES string of the molecule is CC(C(=O)O)C(C)(C)C. The Kier molecular flexibility index (Phi) is 2.24. The second-order valence-corrected chi connectivity index (χ2v) is 3.43. The third kappa shape index (κ3) is 2.49. The summed E-state index contributed by atoms with van der Waals surface area (Å²) >= 11 is 0. The molecule has 0 aromatic heterocycles. The average molecular weight is 130 g/mol. The molecule has 0 rings (SSSR count). The Hall–Kier alpha value is -0.530. The fourth-order valence-electron chi connectivity index (χ4n) is 0.370. The van der Waals surface area contributed by atoms with E-state index in [1.165, 1.54) is 0 Å². The van der Waals surface area contributed by atoms with Crippen LogP contribution in [0.2, 0.25) is 0 Å². The maximum atomic E-state index is 10.3. The molecule has 0 aliphatic heterocycles. The van der Waals surface area contributed by atoms with Crippen LogP contribution in [0.4, 0.5) is 0 Å². The lowest BCUT2D eigenvalue weighted by Crippen LogP contribution is -2.25. The Bertz CT molecular complexity index is 111. The van der Waals surface area contributed by atoms with Crippen LogP contribution < -0.4 is 0 Å². The zero-order valence-corrected chi connectivity index (χ0v) is 6.43. The van der Waals surface area contributed by atoms with Gasteiger partial charge in [-0.2, -0.15) is 0 Å². The Morgan fingerprint density at radius 2 is 1.78 bits per heavy atom. The van der Waals surface area contributed by atoms with Crippen LogP contribution in [0.1, 0.15) is 27.7 Å². The first-order valence-electron chi connectivity index (χ1n) is 3.08. The minimum atomic E-state index is -0.720. The van der Waals surface area contributed by atoms with Crippen LogP contribution in [-0.4, -0.2) is 11.1 Å². The Balaban J connectivity index is 4.04. The van der Waals surface area contributed by atoms with Gasteiger partial charge in [-0.25, -0.2) is 0 Å². The van der Waals surface area contributed by atoms with Gasteiger partial charge in [0.15, 0.2) is 0 Å². The summed E-state index contributed by atoms with van der Waals surface area (Å²) in [5.74, 6) is -0.986. The summed E-state index contributed by atoms with van der Waals surface area (Å²) in [7, 11) is 0. The zero-order valence-electron chi connectivity index (χ0n) is 6.43. The van der Waals surface area contributed by atoms with Gasteiger partial charge in [-0.3, -0.25) is 4.79 Å². The summed E-state index contributed by atoms with van der Waals surface area (Å²) < 4.78 is 0. The van der Waals surface area contributed by atoms with Crippen molar-refractivity contribution in [3.05, 3.63) is 0 Å². The highest BCUT2D eigenvalue weighted by molar-refractivity contribution is 5.70. The lowest BCUT2D eigenvalue weighted by Gasteiger charge is -2.22. The summed E-state index contributed by atoms with van der Waals surface area (Å²) in [5.41, 5.74) is -0.119. The third-order valence-corrected chi connectivity index (χ3v) is 1.67. The maximum Gasteiger partial charge on any atom is 0.306 e. The molecule has 54 valence electrons. The van der Waals surface area contributed by atoms with Crippen molar-refractivity contribution in [3.63, 3.8) is 0 Å². The van der Waals surface area contributed by atoms with Gasteiger partial charge < -0.3 is 5.11 Å². The Morgan fingerprint density at radius 3 is 1.78 bits per heavy atom. The van der Waals surface area contributed by atoms with Gasteiger partial charge >= 0.3 is 5.97 Å². The summed E-state index contributed by atoms with van der Waals surface area (Å²) in [4.78, 5) is 10.3. The second kappa shape index (κ2) is 2.38. The van der Waals surface area contributed by atoms with Gasteiger partial charge in [0.1, 0.15) is 0 Å². The first-order chi connectivity index (χ1) is 3.85. The highest BCUT2D eigenvalue weighted by Gasteiger charge is 2.25. The summed E-state index contributed by atoms with van der Waals surface area (Å²) in [6.07, 6.45) is 0. The molecule has 0 fully saturated rings. The Labute approximate surface area is 55.9 Å². The molecule has 0 bridgehead atoms. The second-order valence-electron chi connectivity index (χ2n) is 3.43. The molecule has 2 nitrogen and oxygen atoms in total. The van der Waals surface area contributed by atoms with Crippen molar-refractivity contribution in [1.29, 1.82) is 0 Å². The molecular formula is C7H14O2. The first-order valence-corrected chi connectivity index (χ1v) is 3.08. The van der Waals surface area contributed by atoms with Crippen LogP contribution in [-0.2, 0) is 4.79 Å². The number of carboxylic acid groups (broad SMARTS) is 1. The predicted octanol–water partition coefficient (Wildman–Crippen LogP) is 1.75. The molecule has 0 spiro atoms. The molecule has 1 N–H and O–H groups in total. The minimum absolute atomic E-state index is 0.119. The standard InChI is InChI=1S/C7H14O2/c1-5(6(8)9)7(2,3)4/h5H,1-4H3,(H,8,9). The molecule has 0 aromatic carbocycles. The first kappa shape index (κ1) is 8.47. The van der Waals surface area contributed by atoms with E-state index in [2.05, 4.69) is 0 Å². The molecule has 2 heteroatoms. The van der Waals surface area contributed by atoms with E-state index < -0.39 is 5.97 Å². The molecule has 0 amide bonds. The molecule has 9 heavy (non-hydrogen) atoms. The van der Waals surface area contributed by atoms with E-state index in [9.17, 15) is 4.79 Å². The fraction of sp³-hybridized carbons (Fsp3) is 0.857. The van der Waals surface area contributed by atoms with Crippen LogP contribution in [0.15, 0.2) is 0 Å². The van der Waals surface area contributed by atoms with Gasteiger partial charge in [-0.15, -0.1) is 0 Å². The smallest absolute Gasteiger partial charge is 0.306 e. The third-order valence-electron chi connectivity index (χ3n) is 1.67. The largest absolute Gasteiger partial charge is 0.481 e. The molecule has 0 aliphatic carbocycles. The summed E-state index contributed by atoms with van der Waals surface area (Å²) in [6.45, 7) is 7.49. The van der Waals surface area contributed by atoms with Crippen LogP contribution in [0.5, 0.6) is 0 Å². The van der Waals surface area contributed by atoms with Crippen molar-refractivity contribution in [1.82, 2.24) is 0 Å². The summed E-state index contributed by atoms with van der Waals surface area (Å²) in [5, 5.41) is 8.52. The predicted molar refractivity (Wildman–Crippen MR) is 36.3 cm³/mol. The minimum Gasteiger partial charge on any atom is -0.481 e. The topological polar surface area (TPSA) is 37.3 Å². The van der Waals surface area contributed by atoms with Crippen molar-refractivity contribution in [2.45, 2.75) is 27.7 Å². The number of rotatable bonds is 1. The van der Waals surface area contributed by atoms with E-state index in [4.69, 9.17) is 5.11 Å². The van der Waals surface area contributed by atoms with E-state index in [0.717, 1.165) is 0 Å². The van der Waals surface area contributed by atoms with Gasteiger partial charge in [-0.1, -0.05) is 27.7 Å². The van der Waals surface area contributed by atoms with Crippen LogP contribution in [0, 0.1) is 11.3 Å². The zero-order chi connectivity index (χ0) is 7.65. The van der Waals surface area contributed by atoms with Crippen molar-refractivity contribution in [3.8, 4) is 0 Å². The lowest BCUT2D eigenvalue weighted by atomic mass is 9.82. The van der Waals surface area contributed by atoms with Crippen molar-refractivity contribution < 1.29 is 9.90 Å². The van der Waals surface area contributed by atoms with Crippen molar-refractivity contribution in [2.24, 2.45) is 11.3 Å². The summed E-state index contributed by atoms with van der Waals surface area (Å²) in [6, 6.07) is 0. The molecule has 0 radical (unpaired) electrons. The highest BCUT2D eigenvalue weighted by Crippen LogP contribution is 2.24. The number of hydrogen-bond donors (Lipinski definition) is 1. The van der Waals surface area contributed by atoms with Gasteiger partial charge in [0, 0.05) is 0 Å². The molecular weight excluding hydrogens is 116 g/mol. The van der Waals surface area contributed by atoms with E-state index >= 15 is 0 Å². The molecule has 0 saturated heterocycles. The molecule has 0 saturated carbocycles. The highest BCUT2D eigenvalue weighted by atomic mass is 16.4. The molecule has 0 aromatic rings. The normalized spacial score (nSPS) is 15.1. The monoisotopic (exact) mass is 130 g/mol.